The fourth-order valence-electron chi connectivity index (χ4n) is 2.73. The first-order valence-corrected chi connectivity index (χ1v) is 8.66. The van der Waals surface area contributed by atoms with Crippen LogP contribution in [-0.4, -0.2) is 35.9 Å². The first kappa shape index (κ1) is 18.0. The van der Waals surface area contributed by atoms with Gasteiger partial charge < -0.3 is 9.80 Å². The summed E-state index contributed by atoms with van der Waals surface area (Å²) in [6, 6.07) is 13.8. The molecule has 0 bridgehead atoms. The number of pyridine rings is 1. The summed E-state index contributed by atoms with van der Waals surface area (Å²) >= 11 is 0. The van der Waals surface area contributed by atoms with Crippen LogP contribution in [0.25, 0.3) is 0 Å². The summed E-state index contributed by atoms with van der Waals surface area (Å²) in [7, 11) is 1.81. The summed E-state index contributed by atoms with van der Waals surface area (Å²) in [5.41, 5.74) is 2.69. The van der Waals surface area contributed by atoms with Crippen molar-refractivity contribution in [2.24, 2.45) is 0 Å². The molecular weight excluding hydrogens is 298 g/mol. The maximum atomic E-state index is 12.5. The molecular formula is C20H27N3O. The summed E-state index contributed by atoms with van der Waals surface area (Å²) < 4.78 is 0. The molecule has 0 unspecified atom stereocenters. The molecule has 0 aliphatic heterocycles. The molecule has 0 atom stereocenters. The molecule has 0 saturated carbocycles. The van der Waals surface area contributed by atoms with Gasteiger partial charge in [-0.05, 0) is 30.5 Å². The SMILES string of the molecule is CCCN(CCC)c1ccc(C(=O)N(C)Cc2ccccc2)nc1. The van der Waals surface area contributed by atoms with Gasteiger partial charge in [-0.1, -0.05) is 44.2 Å². The summed E-state index contributed by atoms with van der Waals surface area (Å²) in [6.07, 6.45) is 4.01. The third-order valence-electron chi connectivity index (χ3n) is 3.93. The van der Waals surface area contributed by atoms with Crippen LogP contribution < -0.4 is 4.90 Å². The molecule has 0 spiro atoms. The molecule has 4 heteroatoms. The number of benzene rings is 1. The second-order valence-electron chi connectivity index (χ2n) is 6.04. The normalized spacial score (nSPS) is 10.5. The minimum atomic E-state index is -0.0528. The highest BCUT2D eigenvalue weighted by Crippen LogP contribution is 2.15. The maximum absolute atomic E-state index is 12.5. The molecule has 0 fully saturated rings. The Labute approximate surface area is 145 Å². The van der Waals surface area contributed by atoms with Gasteiger partial charge in [0.05, 0.1) is 11.9 Å². The highest BCUT2D eigenvalue weighted by Gasteiger charge is 2.14. The van der Waals surface area contributed by atoms with Gasteiger partial charge in [0, 0.05) is 26.7 Å². The van der Waals surface area contributed by atoms with Gasteiger partial charge in [-0.25, -0.2) is 4.98 Å². The predicted molar refractivity (Wildman–Crippen MR) is 99.3 cm³/mol. The quantitative estimate of drug-likeness (QED) is 0.736. The molecule has 0 radical (unpaired) electrons. The lowest BCUT2D eigenvalue weighted by molar-refractivity contribution is 0.0779. The zero-order valence-corrected chi connectivity index (χ0v) is 14.9. The van der Waals surface area contributed by atoms with Crippen LogP contribution in [0.15, 0.2) is 48.7 Å². The van der Waals surface area contributed by atoms with Crippen molar-refractivity contribution in [3.8, 4) is 0 Å². The van der Waals surface area contributed by atoms with E-state index in [-0.39, 0.29) is 5.91 Å². The zero-order valence-electron chi connectivity index (χ0n) is 14.9. The van der Waals surface area contributed by atoms with E-state index in [9.17, 15) is 4.79 Å². The minimum absolute atomic E-state index is 0.0528. The highest BCUT2D eigenvalue weighted by molar-refractivity contribution is 5.92. The molecule has 24 heavy (non-hydrogen) atoms. The number of carbonyl (C=O) groups excluding carboxylic acids is 1. The van der Waals surface area contributed by atoms with Crippen molar-refractivity contribution >= 4 is 11.6 Å². The van der Waals surface area contributed by atoms with E-state index in [0.717, 1.165) is 37.2 Å². The zero-order chi connectivity index (χ0) is 17.4. The Morgan fingerprint density at radius 1 is 1.00 bits per heavy atom. The van der Waals surface area contributed by atoms with Crippen LogP contribution in [0.5, 0.6) is 0 Å². The first-order valence-electron chi connectivity index (χ1n) is 8.66. The Bertz CT molecular complexity index is 619. The van der Waals surface area contributed by atoms with Crippen LogP contribution in [0.1, 0.15) is 42.7 Å². The lowest BCUT2D eigenvalue weighted by Gasteiger charge is -2.23. The lowest BCUT2D eigenvalue weighted by Crippen LogP contribution is -2.28. The van der Waals surface area contributed by atoms with Gasteiger partial charge in [-0.2, -0.15) is 0 Å². The van der Waals surface area contributed by atoms with Crippen molar-refractivity contribution in [2.75, 3.05) is 25.0 Å². The molecule has 0 saturated heterocycles. The van der Waals surface area contributed by atoms with Gasteiger partial charge in [-0.3, -0.25) is 4.79 Å². The van der Waals surface area contributed by atoms with Gasteiger partial charge in [0.25, 0.3) is 5.91 Å². The first-order chi connectivity index (χ1) is 11.7. The van der Waals surface area contributed by atoms with Crippen LogP contribution in [0, 0.1) is 0 Å². The lowest BCUT2D eigenvalue weighted by atomic mass is 10.2. The van der Waals surface area contributed by atoms with Crippen molar-refractivity contribution < 1.29 is 4.79 Å². The maximum Gasteiger partial charge on any atom is 0.272 e. The largest absolute Gasteiger partial charge is 0.370 e. The Morgan fingerprint density at radius 2 is 1.67 bits per heavy atom. The van der Waals surface area contributed by atoms with Gasteiger partial charge in [-0.15, -0.1) is 0 Å². The van der Waals surface area contributed by atoms with Crippen molar-refractivity contribution in [3.63, 3.8) is 0 Å². The highest BCUT2D eigenvalue weighted by atomic mass is 16.2. The Hall–Kier alpha value is -2.36. The van der Waals surface area contributed by atoms with E-state index in [1.165, 1.54) is 0 Å². The van der Waals surface area contributed by atoms with E-state index in [1.807, 2.05) is 55.7 Å². The fraction of sp³-hybridized carbons (Fsp3) is 0.400. The van der Waals surface area contributed by atoms with Crippen LogP contribution in [0.2, 0.25) is 0 Å². The summed E-state index contributed by atoms with van der Waals surface area (Å²) in [4.78, 5) is 20.9. The van der Waals surface area contributed by atoms with E-state index in [4.69, 9.17) is 0 Å². The number of carbonyl (C=O) groups is 1. The predicted octanol–water partition coefficient (Wildman–Crippen LogP) is 3.98. The van der Waals surface area contributed by atoms with Gasteiger partial charge in [0.1, 0.15) is 5.69 Å². The molecule has 4 nitrogen and oxygen atoms in total. The number of aromatic nitrogens is 1. The second-order valence-corrected chi connectivity index (χ2v) is 6.04. The van der Waals surface area contributed by atoms with Crippen LogP contribution >= 0.6 is 0 Å². The van der Waals surface area contributed by atoms with Crippen LogP contribution in [-0.2, 0) is 6.54 Å². The fourth-order valence-corrected chi connectivity index (χ4v) is 2.73. The van der Waals surface area contributed by atoms with Crippen molar-refractivity contribution in [2.45, 2.75) is 33.2 Å². The third-order valence-corrected chi connectivity index (χ3v) is 3.93. The van der Waals surface area contributed by atoms with E-state index in [1.54, 1.807) is 4.90 Å². The molecule has 2 rings (SSSR count). The molecule has 128 valence electrons. The minimum Gasteiger partial charge on any atom is -0.370 e. The molecule has 2 aromatic rings. The van der Waals surface area contributed by atoms with Crippen molar-refractivity contribution in [1.29, 1.82) is 0 Å². The Kier molecular flexibility index (Phi) is 6.79. The number of anilines is 1. The summed E-state index contributed by atoms with van der Waals surface area (Å²) in [5, 5.41) is 0. The molecule has 1 amide bonds. The standard InChI is InChI=1S/C20H27N3O/c1-4-13-23(14-5-2)18-11-12-19(21-15-18)20(24)22(3)16-17-9-7-6-8-10-17/h6-12,15H,4-5,13-14,16H2,1-3H3. The van der Waals surface area contributed by atoms with Gasteiger partial charge in [0.15, 0.2) is 0 Å². The average molecular weight is 325 g/mol. The van der Waals surface area contributed by atoms with Crippen LogP contribution in [0.3, 0.4) is 0 Å². The third kappa shape index (κ3) is 4.82. The number of rotatable bonds is 8. The van der Waals surface area contributed by atoms with Crippen LogP contribution in [0.4, 0.5) is 5.69 Å². The Balaban J connectivity index is 2.04. The monoisotopic (exact) mass is 325 g/mol. The summed E-state index contributed by atoms with van der Waals surface area (Å²) in [6.45, 7) is 6.95. The van der Waals surface area contributed by atoms with Gasteiger partial charge in [0.2, 0.25) is 0 Å². The van der Waals surface area contributed by atoms with E-state index < -0.39 is 0 Å². The number of hydrogen-bond donors (Lipinski definition) is 0. The Morgan fingerprint density at radius 3 is 2.21 bits per heavy atom. The molecule has 0 aliphatic carbocycles. The summed E-state index contributed by atoms with van der Waals surface area (Å²) in [5.74, 6) is -0.0528. The number of hydrogen-bond acceptors (Lipinski definition) is 3. The number of amides is 1. The van der Waals surface area contributed by atoms with E-state index >= 15 is 0 Å². The van der Waals surface area contributed by atoms with Crippen molar-refractivity contribution in [3.05, 3.63) is 59.9 Å². The molecule has 1 aromatic carbocycles. The van der Waals surface area contributed by atoms with E-state index in [2.05, 4.69) is 23.7 Å². The van der Waals surface area contributed by atoms with E-state index in [0.29, 0.717) is 12.2 Å². The molecule has 1 heterocycles. The number of nitrogens with zero attached hydrogens (tertiary/aromatic N) is 3. The smallest absolute Gasteiger partial charge is 0.272 e. The molecule has 0 N–H and O–H groups in total. The second kappa shape index (κ2) is 9.06. The molecule has 1 aromatic heterocycles. The topological polar surface area (TPSA) is 36.4 Å². The average Bonchev–Trinajstić information content (AvgIpc) is 2.62. The van der Waals surface area contributed by atoms with Crippen molar-refractivity contribution in [1.82, 2.24) is 9.88 Å². The molecule has 0 aliphatic rings. The van der Waals surface area contributed by atoms with Gasteiger partial charge >= 0.3 is 0 Å².